The average molecular weight is 423 g/mol. The van der Waals surface area contributed by atoms with Crippen molar-refractivity contribution in [2.24, 2.45) is 13.0 Å². The van der Waals surface area contributed by atoms with Crippen molar-refractivity contribution < 1.29 is 13.9 Å². The Kier molecular flexibility index (Phi) is 4.72. The van der Waals surface area contributed by atoms with E-state index >= 15 is 0 Å². The smallest absolute Gasteiger partial charge is 0.248 e. The van der Waals surface area contributed by atoms with Gasteiger partial charge in [-0.05, 0) is 30.9 Å². The van der Waals surface area contributed by atoms with Gasteiger partial charge in [0.15, 0.2) is 0 Å². The van der Waals surface area contributed by atoms with Gasteiger partial charge in [-0.25, -0.2) is 13.8 Å². The van der Waals surface area contributed by atoms with Crippen LogP contribution in [-0.2, 0) is 13.6 Å². The maximum atomic E-state index is 13.6. The number of hydrogen-bond donors (Lipinski definition) is 1. The molecule has 1 fully saturated rings. The number of aromatic nitrogens is 5. The number of alkyl halides is 2. The minimum Gasteiger partial charge on any atom is -0.493 e. The lowest BCUT2D eigenvalue weighted by molar-refractivity contribution is -0.0472. The summed E-state index contributed by atoms with van der Waals surface area (Å²) in [5, 5.41) is 13.8. The summed E-state index contributed by atoms with van der Waals surface area (Å²) in [4.78, 5) is 8.69. The largest absolute Gasteiger partial charge is 0.493 e. The summed E-state index contributed by atoms with van der Waals surface area (Å²) in [5.74, 6) is -2.36. The SMILES string of the molecule is Cn1cc(-c2cn(CC3CCC(F)(F)CC3)c3cc(-c4ccc(O)nc4)cnc23)cn1. The molecule has 4 aromatic heterocycles. The summed E-state index contributed by atoms with van der Waals surface area (Å²) in [6.07, 6.45) is 10.1. The lowest BCUT2D eigenvalue weighted by atomic mass is 9.87. The van der Waals surface area contributed by atoms with Gasteiger partial charge < -0.3 is 9.67 Å². The molecule has 0 amide bonds. The van der Waals surface area contributed by atoms with Crippen molar-refractivity contribution in [3.8, 4) is 28.1 Å². The van der Waals surface area contributed by atoms with Crippen molar-refractivity contribution in [2.45, 2.75) is 38.2 Å². The van der Waals surface area contributed by atoms with E-state index in [0.29, 0.717) is 19.4 Å². The second kappa shape index (κ2) is 7.44. The van der Waals surface area contributed by atoms with E-state index in [4.69, 9.17) is 4.98 Å². The first kappa shape index (κ1) is 19.7. The Hall–Kier alpha value is -3.29. The van der Waals surface area contributed by atoms with Crippen LogP contribution in [0.1, 0.15) is 25.7 Å². The van der Waals surface area contributed by atoms with Crippen LogP contribution in [0.3, 0.4) is 0 Å². The van der Waals surface area contributed by atoms with Crippen LogP contribution < -0.4 is 0 Å². The number of aryl methyl sites for hydroxylation is 1. The van der Waals surface area contributed by atoms with Crippen molar-refractivity contribution >= 4 is 11.0 Å². The summed E-state index contributed by atoms with van der Waals surface area (Å²) in [6, 6.07) is 5.39. The molecule has 1 aliphatic rings. The first-order valence-corrected chi connectivity index (χ1v) is 10.4. The van der Waals surface area contributed by atoms with Crippen molar-refractivity contribution in [1.29, 1.82) is 0 Å². The van der Waals surface area contributed by atoms with E-state index in [1.165, 1.54) is 0 Å². The molecule has 0 atom stereocenters. The van der Waals surface area contributed by atoms with Crippen molar-refractivity contribution in [1.82, 2.24) is 24.3 Å². The van der Waals surface area contributed by atoms with Gasteiger partial charge in [0.05, 0.1) is 17.2 Å². The molecule has 1 aliphatic carbocycles. The minimum atomic E-state index is -2.53. The molecule has 0 bridgehead atoms. The Morgan fingerprint density at radius 3 is 2.48 bits per heavy atom. The molecule has 31 heavy (non-hydrogen) atoms. The molecule has 160 valence electrons. The van der Waals surface area contributed by atoms with Crippen molar-refractivity contribution in [2.75, 3.05) is 0 Å². The monoisotopic (exact) mass is 423 g/mol. The Balaban J connectivity index is 1.56. The summed E-state index contributed by atoms with van der Waals surface area (Å²) in [7, 11) is 1.87. The lowest BCUT2D eigenvalue weighted by Crippen LogP contribution is -2.26. The lowest BCUT2D eigenvalue weighted by Gasteiger charge is -2.28. The first-order valence-electron chi connectivity index (χ1n) is 10.4. The van der Waals surface area contributed by atoms with Crippen LogP contribution in [0.25, 0.3) is 33.3 Å². The van der Waals surface area contributed by atoms with Gasteiger partial charge in [-0.3, -0.25) is 9.67 Å². The second-order valence-electron chi connectivity index (χ2n) is 8.39. The fourth-order valence-corrected chi connectivity index (χ4v) is 4.36. The van der Waals surface area contributed by atoms with Crippen molar-refractivity contribution in [3.05, 3.63) is 49.2 Å². The van der Waals surface area contributed by atoms with Gasteiger partial charge >= 0.3 is 0 Å². The molecular weight excluding hydrogens is 400 g/mol. The van der Waals surface area contributed by atoms with Gasteiger partial charge in [0.2, 0.25) is 11.8 Å². The Morgan fingerprint density at radius 1 is 1.03 bits per heavy atom. The Labute approximate surface area is 178 Å². The predicted octanol–water partition coefficient (Wildman–Crippen LogP) is 5.03. The van der Waals surface area contributed by atoms with Crippen LogP contribution in [-0.4, -0.2) is 35.3 Å². The quantitative estimate of drug-likeness (QED) is 0.500. The second-order valence-corrected chi connectivity index (χ2v) is 8.39. The highest BCUT2D eigenvalue weighted by atomic mass is 19.3. The molecule has 1 saturated carbocycles. The fraction of sp³-hybridized carbons (Fsp3) is 0.348. The first-order chi connectivity index (χ1) is 14.9. The van der Waals surface area contributed by atoms with E-state index in [1.807, 2.05) is 19.3 Å². The predicted molar refractivity (Wildman–Crippen MR) is 114 cm³/mol. The van der Waals surface area contributed by atoms with Gasteiger partial charge in [0.1, 0.15) is 0 Å². The zero-order valence-corrected chi connectivity index (χ0v) is 17.2. The molecule has 0 unspecified atom stereocenters. The summed E-state index contributed by atoms with van der Waals surface area (Å²) in [5.41, 5.74) is 5.46. The third kappa shape index (κ3) is 3.89. The third-order valence-electron chi connectivity index (χ3n) is 6.11. The van der Waals surface area contributed by atoms with E-state index in [0.717, 1.165) is 33.3 Å². The van der Waals surface area contributed by atoms with Crippen LogP contribution in [0.15, 0.2) is 49.2 Å². The molecule has 0 radical (unpaired) electrons. The molecule has 6 nitrogen and oxygen atoms in total. The number of pyridine rings is 2. The zero-order chi connectivity index (χ0) is 21.6. The van der Waals surface area contributed by atoms with E-state index < -0.39 is 5.92 Å². The van der Waals surface area contributed by atoms with E-state index in [2.05, 4.69) is 20.8 Å². The average Bonchev–Trinajstić information content (AvgIpc) is 3.33. The highest BCUT2D eigenvalue weighted by Gasteiger charge is 2.35. The minimum absolute atomic E-state index is 0.0332. The van der Waals surface area contributed by atoms with Crippen LogP contribution >= 0.6 is 0 Å². The summed E-state index contributed by atoms with van der Waals surface area (Å²) in [6.45, 7) is 0.672. The molecule has 5 rings (SSSR count). The molecule has 0 aliphatic heterocycles. The van der Waals surface area contributed by atoms with Crippen LogP contribution in [0, 0.1) is 5.92 Å². The number of rotatable bonds is 4. The number of halogens is 2. The normalized spacial score (nSPS) is 16.7. The van der Waals surface area contributed by atoms with Crippen LogP contribution in [0.2, 0.25) is 0 Å². The molecule has 1 N–H and O–H groups in total. The van der Waals surface area contributed by atoms with Gasteiger partial charge in [-0.2, -0.15) is 5.10 Å². The standard InChI is InChI=1S/C23H23F2N5O/c1-29-13-18(11-28-29)19-14-30(12-15-4-6-23(24,25)7-5-15)20-8-17(10-27-22(19)20)16-2-3-21(31)26-9-16/h2-3,8-11,13-15H,4-7,12H2,1H3,(H,26,31). The number of hydrogen-bond acceptors (Lipinski definition) is 4. The third-order valence-corrected chi connectivity index (χ3v) is 6.11. The molecule has 0 saturated heterocycles. The van der Waals surface area contributed by atoms with E-state index in [1.54, 1.807) is 35.4 Å². The maximum Gasteiger partial charge on any atom is 0.248 e. The van der Waals surface area contributed by atoms with Gasteiger partial charge in [-0.1, -0.05) is 0 Å². The van der Waals surface area contributed by atoms with Crippen LogP contribution in [0.5, 0.6) is 5.88 Å². The highest BCUT2D eigenvalue weighted by Crippen LogP contribution is 2.38. The molecule has 0 spiro atoms. The number of nitrogens with zero attached hydrogens (tertiary/aromatic N) is 5. The highest BCUT2D eigenvalue weighted by molar-refractivity contribution is 5.94. The zero-order valence-electron chi connectivity index (χ0n) is 17.2. The molecule has 4 heterocycles. The van der Waals surface area contributed by atoms with Gasteiger partial charge in [0, 0.05) is 79.5 Å². The number of aromatic hydroxyl groups is 1. The summed E-state index contributed by atoms with van der Waals surface area (Å²) >= 11 is 0. The molecule has 8 heteroatoms. The maximum absolute atomic E-state index is 13.6. The number of fused-ring (bicyclic) bond motifs is 1. The summed E-state index contributed by atoms with van der Waals surface area (Å²) < 4.78 is 31.1. The van der Waals surface area contributed by atoms with E-state index in [-0.39, 0.29) is 24.6 Å². The van der Waals surface area contributed by atoms with Crippen molar-refractivity contribution in [3.63, 3.8) is 0 Å². The Bertz CT molecular complexity index is 1220. The molecular formula is C23H23F2N5O. The fourth-order valence-electron chi connectivity index (χ4n) is 4.36. The van der Waals surface area contributed by atoms with Gasteiger partial charge in [-0.15, -0.1) is 0 Å². The molecule has 4 aromatic rings. The van der Waals surface area contributed by atoms with E-state index in [9.17, 15) is 13.9 Å². The Morgan fingerprint density at radius 2 is 1.81 bits per heavy atom. The topological polar surface area (TPSA) is 68.8 Å². The van der Waals surface area contributed by atoms with Gasteiger partial charge in [0.25, 0.3) is 0 Å². The van der Waals surface area contributed by atoms with Crippen LogP contribution in [0.4, 0.5) is 8.78 Å². The molecule has 0 aromatic carbocycles.